The van der Waals surface area contributed by atoms with Crippen LogP contribution in [-0.2, 0) is 13.1 Å². The van der Waals surface area contributed by atoms with Gasteiger partial charge in [0, 0.05) is 12.1 Å². The summed E-state index contributed by atoms with van der Waals surface area (Å²) >= 11 is 0. The van der Waals surface area contributed by atoms with Crippen molar-refractivity contribution < 1.29 is 13.6 Å². The smallest absolute Gasteiger partial charge is 0.198 e. The van der Waals surface area contributed by atoms with E-state index in [-0.39, 0.29) is 11.1 Å². The third kappa shape index (κ3) is 5.15. The Balaban J connectivity index is 2.18. The van der Waals surface area contributed by atoms with E-state index in [1.54, 1.807) is 16.7 Å². The van der Waals surface area contributed by atoms with Crippen molar-refractivity contribution in [2.24, 2.45) is 0 Å². The molecule has 0 amide bonds. The molecule has 8 heteroatoms. The van der Waals surface area contributed by atoms with Gasteiger partial charge in [-0.15, -0.1) is 16.8 Å². The maximum absolute atomic E-state index is 14.4. The van der Waals surface area contributed by atoms with Crippen LogP contribution in [0.15, 0.2) is 55.1 Å². The molecule has 0 spiro atoms. The standard InChI is InChI=1S/C24H27F2N5O/c1-5-13-30(6-2)16-23-28-27-22(15-29(3)4)31(23)21-12-11-17(25)14-19(21)24(32)18-9-7-8-10-20(18)26/h5,7-12,14H,1,6,13,15-16H2,2-4H3. The van der Waals surface area contributed by atoms with Gasteiger partial charge in [-0.05, 0) is 51.0 Å². The fourth-order valence-corrected chi connectivity index (χ4v) is 3.48. The van der Waals surface area contributed by atoms with Crippen LogP contribution in [0, 0.1) is 11.6 Å². The van der Waals surface area contributed by atoms with Gasteiger partial charge < -0.3 is 4.90 Å². The highest BCUT2D eigenvalue weighted by Crippen LogP contribution is 2.24. The Hall–Kier alpha value is -3.23. The molecule has 0 radical (unpaired) electrons. The minimum absolute atomic E-state index is 0.0444. The molecule has 3 rings (SSSR count). The molecule has 2 aromatic carbocycles. The van der Waals surface area contributed by atoms with Crippen molar-refractivity contribution in [3.8, 4) is 5.69 Å². The van der Waals surface area contributed by atoms with Crippen LogP contribution in [0.5, 0.6) is 0 Å². The average Bonchev–Trinajstić information content (AvgIpc) is 3.14. The van der Waals surface area contributed by atoms with Crippen molar-refractivity contribution in [1.29, 1.82) is 0 Å². The van der Waals surface area contributed by atoms with Crippen molar-refractivity contribution in [2.45, 2.75) is 20.0 Å². The largest absolute Gasteiger partial charge is 0.302 e. The highest BCUT2D eigenvalue weighted by molar-refractivity contribution is 6.11. The van der Waals surface area contributed by atoms with Crippen LogP contribution in [0.25, 0.3) is 5.69 Å². The summed E-state index contributed by atoms with van der Waals surface area (Å²) in [5.41, 5.74) is 0.332. The second kappa shape index (κ2) is 10.4. The Morgan fingerprint density at radius 3 is 2.38 bits per heavy atom. The zero-order chi connectivity index (χ0) is 23.3. The fraction of sp³-hybridized carbons (Fsp3) is 0.292. The first-order valence-electron chi connectivity index (χ1n) is 10.4. The topological polar surface area (TPSA) is 54.3 Å². The van der Waals surface area contributed by atoms with Gasteiger partial charge in [-0.2, -0.15) is 0 Å². The van der Waals surface area contributed by atoms with Gasteiger partial charge >= 0.3 is 0 Å². The lowest BCUT2D eigenvalue weighted by Crippen LogP contribution is -2.25. The number of carbonyl (C=O) groups is 1. The highest BCUT2D eigenvalue weighted by atomic mass is 19.1. The first-order valence-corrected chi connectivity index (χ1v) is 10.4. The van der Waals surface area contributed by atoms with Crippen molar-refractivity contribution in [3.05, 3.63) is 89.5 Å². The maximum Gasteiger partial charge on any atom is 0.198 e. The van der Waals surface area contributed by atoms with E-state index >= 15 is 0 Å². The summed E-state index contributed by atoms with van der Waals surface area (Å²) < 4.78 is 30.4. The predicted octanol–water partition coefficient (Wildman–Crippen LogP) is 3.85. The van der Waals surface area contributed by atoms with Crippen LogP contribution in [0.4, 0.5) is 8.78 Å². The molecule has 0 aliphatic heterocycles. The van der Waals surface area contributed by atoms with E-state index in [2.05, 4.69) is 21.7 Å². The van der Waals surface area contributed by atoms with Crippen LogP contribution < -0.4 is 0 Å². The molecule has 0 saturated heterocycles. The van der Waals surface area contributed by atoms with E-state index < -0.39 is 17.4 Å². The van der Waals surface area contributed by atoms with Crippen LogP contribution in [0.3, 0.4) is 0 Å². The van der Waals surface area contributed by atoms with E-state index in [1.165, 1.54) is 30.3 Å². The molecule has 3 aromatic rings. The number of rotatable bonds is 10. The van der Waals surface area contributed by atoms with E-state index in [4.69, 9.17) is 0 Å². The molecule has 1 heterocycles. The Labute approximate surface area is 186 Å². The summed E-state index contributed by atoms with van der Waals surface area (Å²) in [4.78, 5) is 17.3. The van der Waals surface area contributed by atoms with E-state index in [1.807, 2.05) is 25.9 Å². The van der Waals surface area contributed by atoms with Gasteiger partial charge in [0.1, 0.15) is 11.6 Å². The Bertz CT molecular complexity index is 1110. The highest BCUT2D eigenvalue weighted by Gasteiger charge is 2.24. The van der Waals surface area contributed by atoms with Gasteiger partial charge in [0.15, 0.2) is 17.4 Å². The summed E-state index contributed by atoms with van der Waals surface area (Å²) in [6, 6.07) is 9.60. The summed E-state index contributed by atoms with van der Waals surface area (Å²) in [6.45, 7) is 8.12. The number of carbonyl (C=O) groups excluding carboxylic acids is 1. The molecule has 6 nitrogen and oxygen atoms in total. The summed E-state index contributed by atoms with van der Waals surface area (Å²) in [7, 11) is 3.79. The zero-order valence-electron chi connectivity index (χ0n) is 18.6. The third-order valence-corrected chi connectivity index (χ3v) is 5.02. The van der Waals surface area contributed by atoms with Gasteiger partial charge in [0.2, 0.25) is 0 Å². The fourth-order valence-electron chi connectivity index (χ4n) is 3.48. The lowest BCUT2D eigenvalue weighted by Gasteiger charge is -2.20. The van der Waals surface area contributed by atoms with Crippen molar-refractivity contribution >= 4 is 5.78 Å². The van der Waals surface area contributed by atoms with Crippen LogP contribution in [0.1, 0.15) is 34.5 Å². The lowest BCUT2D eigenvalue weighted by atomic mass is 10.0. The molecule has 0 bridgehead atoms. The van der Waals surface area contributed by atoms with E-state index in [0.29, 0.717) is 37.0 Å². The van der Waals surface area contributed by atoms with E-state index in [9.17, 15) is 13.6 Å². The number of hydrogen-bond acceptors (Lipinski definition) is 5. The van der Waals surface area contributed by atoms with Gasteiger partial charge in [0.25, 0.3) is 0 Å². The maximum atomic E-state index is 14.4. The van der Waals surface area contributed by atoms with Gasteiger partial charge in [-0.3, -0.25) is 14.3 Å². The first-order chi connectivity index (χ1) is 15.3. The number of benzene rings is 2. The summed E-state index contributed by atoms with van der Waals surface area (Å²) in [5.74, 6) is -0.660. The summed E-state index contributed by atoms with van der Waals surface area (Å²) in [6.07, 6.45) is 1.80. The molecule has 0 fully saturated rings. The molecule has 0 N–H and O–H groups in total. The summed E-state index contributed by atoms with van der Waals surface area (Å²) in [5, 5.41) is 8.69. The number of likely N-dealkylation sites (N-methyl/N-ethyl adjacent to an activating group) is 1. The zero-order valence-corrected chi connectivity index (χ0v) is 18.6. The predicted molar refractivity (Wildman–Crippen MR) is 120 cm³/mol. The molecule has 0 aliphatic carbocycles. The number of halogens is 2. The number of hydrogen-bond donors (Lipinski definition) is 0. The number of ketones is 1. The normalized spacial score (nSPS) is 11.3. The molecule has 0 saturated carbocycles. The Morgan fingerprint density at radius 1 is 1.06 bits per heavy atom. The van der Waals surface area contributed by atoms with Crippen molar-refractivity contribution in [1.82, 2.24) is 24.6 Å². The van der Waals surface area contributed by atoms with Crippen LogP contribution >= 0.6 is 0 Å². The first kappa shape index (κ1) is 23.4. The van der Waals surface area contributed by atoms with Gasteiger partial charge in [-0.25, -0.2) is 8.78 Å². The van der Waals surface area contributed by atoms with Crippen LogP contribution in [-0.4, -0.2) is 57.5 Å². The number of aromatic nitrogens is 3. The minimum atomic E-state index is -0.659. The second-order valence-electron chi connectivity index (χ2n) is 7.69. The van der Waals surface area contributed by atoms with Crippen molar-refractivity contribution in [3.63, 3.8) is 0 Å². The monoisotopic (exact) mass is 439 g/mol. The van der Waals surface area contributed by atoms with E-state index in [0.717, 1.165) is 12.6 Å². The molecule has 0 unspecified atom stereocenters. The molecule has 32 heavy (non-hydrogen) atoms. The molecule has 168 valence electrons. The third-order valence-electron chi connectivity index (χ3n) is 5.02. The Kier molecular flexibility index (Phi) is 7.61. The molecule has 1 aromatic heterocycles. The lowest BCUT2D eigenvalue weighted by molar-refractivity contribution is 0.103. The van der Waals surface area contributed by atoms with Gasteiger partial charge in [0.05, 0.1) is 24.3 Å². The second-order valence-corrected chi connectivity index (χ2v) is 7.69. The van der Waals surface area contributed by atoms with Gasteiger partial charge in [-0.1, -0.05) is 25.1 Å². The molecular weight excluding hydrogens is 412 g/mol. The SMILES string of the molecule is C=CCN(CC)Cc1nnc(CN(C)C)n1-c1ccc(F)cc1C(=O)c1ccccc1F. The Morgan fingerprint density at radius 2 is 1.75 bits per heavy atom. The molecular formula is C24H27F2N5O. The molecule has 0 atom stereocenters. The minimum Gasteiger partial charge on any atom is -0.302 e. The van der Waals surface area contributed by atoms with Crippen molar-refractivity contribution in [2.75, 3.05) is 27.2 Å². The average molecular weight is 440 g/mol. The molecule has 0 aliphatic rings. The number of nitrogens with zero attached hydrogens (tertiary/aromatic N) is 5. The van der Waals surface area contributed by atoms with Crippen LogP contribution in [0.2, 0.25) is 0 Å². The quantitative estimate of drug-likeness (QED) is 0.355.